The minimum atomic E-state index is 0.405. The van der Waals surface area contributed by atoms with Crippen molar-refractivity contribution in [3.63, 3.8) is 0 Å². The molecular formula is C19H16O. The molecular weight excluding hydrogens is 244 g/mol. The van der Waals surface area contributed by atoms with Gasteiger partial charge in [-0.05, 0) is 45.6 Å². The highest BCUT2D eigenvalue weighted by Gasteiger charge is 2.62. The van der Waals surface area contributed by atoms with Crippen LogP contribution >= 0.6 is 0 Å². The fourth-order valence-corrected chi connectivity index (χ4v) is 4.66. The van der Waals surface area contributed by atoms with Crippen molar-refractivity contribution in [1.29, 1.82) is 0 Å². The molecule has 1 fully saturated rings. The molecule has 2 atom stereocenters. The summed E-state index contributed by atoms with van der Waals surface area (Å²) in [6.07, 6.45) is 2.01. The third kappa shape index (κ3) is 1.10. The van der Waals surface area contributed by atoms with Crippen LogP contribution in [0.5, 0.6) is 0 Å². The van der Waals surface area contributed by atoms with Gasteiger partial charge in [-0.25, -0.2) is 0 Å². The highest BCUT2D eigenvalue weighted by atomic mass is 16.5. The minimum Gasteiger partial charge on any atom is -0.504 e. The maximum absolute atomic E-state index is 5.40. The Kier molecular flexibility index (Phi) is 1.90. The van der Waals surface area contributed by atoms with Crippen LogP contribution in [0.4, 0.5) is 0 Å². The minimum absolute atomic E-state index is 0.405. The molecule has 0 amide bonds. The van der Waals surface area contributed by atoms with E-state index >= 15 is 0 Å². The number of fused-ring (bicyclic) bond motifs is 8. The molecule has 0 aliphatic heterocycles. The van der Waals surface area contributed by atoms with Gasteiger partial charge in [-0.3, -0.25) is 0 Å². The fourth-order valence-electron chi connectivity index (χ4n) is 4.66. The van der Waals surface area contributed by atoms with Crippen molar-refractivity contribution in [2.24, 2.45) is 5.92 Å². The van der Waals surface area contributed by atoms with Crippen molar-refractivity contribution >= 4 is 0 Å². The molecule has 2 aromatic rings. The van der Waals surface area contributed by atoms with Crippen LogP contribution in [0.25, 0.3) is 0 Å². The van der Waals surface area contributed by atoms with Gasteiger partial charge in [0, 0.05) is 5.92 Å². The molecule has 3 aliphatic carbocycles. The van der Waals surface area contributed by atoms with Crippen LogP contribution in [0.3, 0.4) is 0 Å². The monoisotopic (exact) mass is 260 g/mol. The second-order valence-electron chi connectivity index (χ2n) is 6.12. The van der Waals surface area contributed by atoms with Gasteiger partial charge in [0.25, 0.3) is 0 Å². The zero-order valence-corrected chi connectivity index (χ0v) is 11.4. The van der Waals surface area contributed by atoms with Gasteiger partial charge in [-0.1, -0.05) is 48.5 Å². The van der Waals surface area contributed by atoms with Gasteiger partial charge < -0.3 is 4.74 Å². The van der Waals surface area contributed by atoms with Gasteiger partial charge in [-0.2, -0.15) is 0 Å². The van der Waals surface area contributed by atoms with E-state index in [9.17, 15) is 0 Å². The number of allylic oxidation sites excluding steroid dienone is 1. The van der Waals surface area contributed by atoms with Crippen molar-refractivity contribution in [2.45, 2.75) is 17.8 Å². The molecule has 0 heterocycles. The molecule has 3 aliphatic rings. The molecule has 0 aromatic heterocycles. The van der Waals surface area contributed by atoms with E-state index in [1.54, 1.807) is 18.2 Å². The fraction of sp³-hybridized carbons (Fsp3) is 0.263. The first-order chi connectivity index (χ1) is 9.92. The van der Waals surface area contributed by atoms with Crippen LogP contribution in [-0.4, -0.2) is 7.11 Å². The average Bonchev–Trinajstić information content (AvgIpc) is 3.25. The molecule has 2 aromatic carbocycles. The van der Waals surface area contributed by atoms with Crippen LogP contribution in [-0.2, 0) is 4.74 Å². The van der Waals surface area contributed by atoms with Crippen molar-refractivity contribution in [2.75, 3.05) is 7.11 Å². The lowest BCUT2D eigenvalue weighted by Crippen LogP contribution is -2.17. The third-order valence-electron chi connectivity index (χ3n) is 5.32. The number of methoxy groups -OCH3 is 1. The Balaban J connectivity index is 1.86. The molecule has 1 saturated carbocycles. The van der Waals surface area contributed by atoms with Crippen LogP contribution in [0.15, 0.2) is 60.4 Å². The van der Waals surface area contributed by atoms with Crippen molar-refractivity contribution in [3.05, 3.63) is 82.6 Å². The highest BCUT2D eigenvalue weighted by molar-refractivity contribution is 5.65. The molecule has 1 heteroatoms. The normalized spacial score (nSPS) is 33.4. The molecule has 0 radical (unpaired) electrons. The Hall–Kier alpha value is -2.02. The van der Waals surface area contributed by atoms with Crippen molar-refractivity contribution in [3.8, 4) is 0 Å². The first-order valence-electron chi connectivity index (χ1n) is 7.32. The number of ether oxygens (including phenoxy) is 1. The van der Waals surface area contributed by atoms with Gasteiger partial charge in [0.15, 0.2) is 0 Å². The summed E-state index contributed by atoms with van der Waals surface area (Å²) in [4.78, 5) is 0. The molecule has 1 nitrogen and oxygen atoms in total. The van der Waals surface area contributed by atoms with E-state index in [1.807, 2.05) is 6.26 Å². The molecule has 98 valence electrons. The summed E-state index contributed by atoms with van der Waals surface area (Å²) in [5, 5.41) is 0. The Bertz CT molecular complexity index is 689. The average molecular weight is 260 g/mol. The Morgan fingerprint density at radius 3 is 1.75 bits per heavy atom. The molecule has 0 saturated heterocycles. The second kappa shape index (κ2) is 3.54. The van der Waals surface area contributed by atoms with Crippen LogP contribution in [0.2, 0.25) is 0 Å². The molecule has 2 unspecified atom stereocenters. The van der Waals surface area contributed by atoms with Crippen molar-refractivity contribution in [1.82, 2.24) is 0 Å². The van der Waals surface area contributed by atoms with Gasteiger partial charge in [-0.15, -0.1) is 0 Å². The first-order valence-corrected chi connectivity index (χ1v) is 7.32. The Labute approximate surface area is 118 Å². The summed E-state index contributed by atoms with van der Waals surface area (Å²) in [7, 11) is 1.77. The van der Waals surface area contributed by atoms with E-state index in [-0.39, 0.29) is 0 Å². The second-order valence-corrected chi connectivity index (χ2v) is 6.12. The highest BCUT2D eigenvalue weighted by Crippen LogP contribution is 2.74. The number of benzene rings is 2. The summed E-state index contributed by atoms with van der Waals surface area (Å²) in [5.41, 5.74) is 7.60. The SMILES string of the molecule is COC=C1C2c3ccccc3C3C1C3c1ccccc12. The maximum atomic E-state index is 5.40. The number of hydrogen-bond acceptors (Lipinski definition) is 1. The lowest BCUT2D eigenvalue weighted by atomic mass is 9.73. The molecule has 5 rings (SSSR count). The molecule has 0 spiro atoms. The summed E-state index contributed by atoms with van der Waals surface area (Å²) in [6, 6.07) is 18.0. The van der Waals surface area contributed by atoms with Crippen LogP contribution in [0, 0.1) is 5.92 Å². The standard InChI is InChI=1S/C19H16O/c1-20-10-15-16-11-6-2-4-8-13(11)17-18(19(15)17)14-9-5-3-7-12(14)16/h2-10,16-19H,1H3. The van der Waals surface area contributed by atoms with E-state index in [2.05, 4.69) is 48.5 Å². The van der Waals surface area contributed by atoms with E-state index < -0.39 is 0 Å². The third-order valence-corrected chi connectivity index (χ3v) is 5.32. The van der Waals surface area contributed by atoms with Gasteiger partial charge in [0.1, 0.15) is 0 Å². The molecule has 0 N–H and O–H groups in total. The van der Waals surface area contributed by atoms with Gasteiger partial charge in [0.05, 0.1) is 13.4 Å². The lowest BCUT2D eigenvalue weighted by Gasteiger charge is -2.30. The van der Waals surface area contributed by atoms with Crippen LogP contribution in [0.1, 0.15) is 40.0 Å². The topological polar surface area (TPSA) is 9.23 Å². The van der Waals surface area contributed by atoms with E-state index in [0.29, 0.717) is 23.7 Å². The summed E-state index contributed by atoms with van der Waals surface area (Å²) in [5.74, 6) is 2.42. The van der Waals surface area contributed by atoms with E-state index in [1.165, 1.54) is 16.7 Å². The van der Waals surface area contributed by atoms with Crippen molar-refractivity contribution < 1.29 is 4.74 Å². The predicted octanol–water partition coefficient (Wildman–Crippen LogP) is 4.17. The molecule has 2 bridgehead atoms. The zero-order chi connectivity index (χ0) is 13.3. The number of rotatable bonds is 1. The Morgan fingerprint density at radius 2 is 1.25 bits per heavy atom. The van der Waals surface area contributed by atoms with E-state index in [0.717, 1.165) is 0 Å². The predicted molar refractivity (Wildman–Crippen MR) is 78.8 cm³/mol. The van der Waals surface area contributed by atoms with Crippen LogP contribution < -0.4 is 0 Å². The van der Waals surface area contributed by atoms with Gasteiger partial charge in [0.2, 0.25) is 0 Å². The first kappa shape index (κ1) is 10.7. The molecule has 20 heavy (non-hydrogen) atoms. The zero-order valence-electron chi connectivity index (χ0n) is 11.4. The summed E-state index contributed by atoms with van der Waals surface area (Å²) in [6.45, 7) is 0. The lowest BCUT2D eigenvalue weighted by molar-refractivity contribution is 0.328. The maximum Gasteiger partial charge on any atom is 0.0829 e. The van der Waals surface area contributed by atoms with Gasteiger partial charge >= 0.3 is 0 Å². The summed E-state index contributed by atoms with van der Waals surface area (Å²) >= 11 is 0. The largest absolute Gasteiger partial charge is 0.504 e. The van der Waals surface area contributed by atoms with E-state index in [4.69, 9.17) is 4.74 Å². The quantitative estimate of drug-likeness (QED) is 0.699. The smallest absolute Gasteiger partial charge is 0.0829 e. The Morgan fingerprint density at radius 1 is 0.750 bits per heavy atom. The summed E-state index contributed by atoms with van der Waals surface area (Å²) < 4.78 is 5.40. The number of hydrogen-bond donors (Lipinski definition) is 0.